The fourth-order valence-electron chi connectivity index (χ4n) is 2.88. The second-order valence-corrected chi connectivity index (χ2v) is 6.59. The molecule has 1 aromatic heterocycles. The third-order valence-electron chi connectivity index (χ3n) is 4.32. The van der Waals surface area contributed by atoms with E-state index >= 15 is 0 Å². The van der Waals surface area contributed by atoms with Gasteiger partial charge in [-0.15, -0.1) is 0 Å². The van der Waals surface area contributed by atoms with E-state index in [2.05, 4.69) is 13.8 Å². The zero-order valence-corrected chi connectivity index (χ0v) is 20.6. The van der Waals surface area contributed by atoms with Gasteiger partial charge in [0.05, 0.1) is 10.6 Å². The predicted octanol–water partition coefficient (Wildman–Crippen LogP) is 2.30. The maximum Gasteiger partial charge on any atom is 1.00 e. The average molecular weight is 482 g/mol. The summed E-state index contributed by atoms with van der Waals surface area (Å²) in [5.41, 5.74) is -1.51. The van der Waals surface area contributed by atoms with E-state index < -0.39 is 28.8 Å². The van der Waals surface area contributed by atoms with Crippen LogP contribution in [0.4, 0.5) is 13.2 Å². The molecule has 2 aromatic carbocycles. The molecule has 31 heavy (non-hydrogen) atoms. The fraction of sp³-hybridized carbons (Fsp3) is 0.190. The number of hydrogen-bond acceptors (Lipinski definition) is 5. The Morgan fingerprint density at radius 3 is 2.26 bits per heavy atom. The Labute approximate surface area is 223 Å². The topological polar surface area (TPSA) is 90.9 Å². The van der Waals surface area contributed by atoms with Crippen LogP contribution in [0.5, 0.6) is 11.5 Å². The standard InChI is InChI=1S/C20H14ClF3O4.CH4O.K/c1-3-9(2)17-13(25)7-14(26)18-15(27)8-16(28-19(17)18)11-5-4-10(6-12(11)21)20(22,23)24;1-2;/h4-9,25-26H,1-3H2;2H,1H3;/q-2;;+1. The van der Waals surface area contributed by atoms with Crippen LogP contribution < -0.4 is 56.8 Å². The zero-order chi connectivity index (χ0) is 22.8. The molecule has 0 amide bonds. The molecule has 1 heterocycles. The summed E-state index contributed by atoms with van der Waals surface area (Å²) in [5.74, 6) is -1.51. The summed E-state index contributed by atoms with van der Waals surface area (Å²) in [6.45, 7) is 7.54. The first kappa shape index (κ1) is 28.0. The van der Waals surface area contributed by atoms with Gasteiger partial charge in [0.2, 0.25) is 0 Å². The number of phenols is 2. The number of rotatable bonds is 3. The number of aliphatic hydroxyl groups excluding tert-OH is 1. The minimum absolute atomic E-state index is 0. The van der Waals surface area contributed by atoms with E-state index in [1.807, 2.05) is 0 Å². The molecular weight excluding hydrogens is 464 g/mol. The maximum absolute atomic E-state index is 12.8. The van der Waals surface area contributed by atoms with E-state index in [1.165, 1.54) is 0 Å². The van der Waals surface area contributed by atoms with Gasteiger partial charge >= 0.3 is 57.6 Å². The summed E-state index contributed by atoms with van der Waals surface area (Å²) in [5, 5.41) is 26.8. The quantitative estimate of drug-likeness (QED) is 0.394. The van der Waals surface area contributed by atoms with E-state index in [0.717, 1.165) is 37.4 Å². The van der Waals surface area contributed by atoms with E-state index in [4.69, 9.17) is 21.1 Å². The van der Waals surface area contributed by atoms with Crippen molar-refractivity contribution in [1.82, 2.24) is 0 Å². The average Bonchev–Trinajstić information content (AvgIpc) is 2.67. The van der Waals surface area contributed by atoms with Crippen molar-refractivity contribution in [3.05, 3.63) is 70.6 Å². The van der Waals surface area contributed by atoms with Crippen LogP contribution in [-0.2, 0) is 6.18 Å². The van der Waals surface area contributed by atoms with Gasteiger partial charge in [-0.05, 0) is 18.2 Å². The minimum atomic E-state index is -4.58. The van der Waals surface area contributed by atoms with E-state index in [1.54, 1.807) is 0 Å². The van der Waals surface area contributed by atoms with Crippen molar-refractivity contribution in [1.29, 1.82) is 0 Å². The molecule has 3 rings (SSSR count). The van der Waals surface area contributed by atoms with Gasteiger partial charge in [0.25, 0.3) is 0 Å². The number of aliphatic hydroxyl groups is 1. The Morgan fingerprint density at radius 2 is 1.74 bits per heavy atom. The number of aromatic hydroxyl groups is 2. The monoisotopic (exact) mass is 481 g/mol. The molecule has 162 valence electrons. The van der Waals surface area contributed by atoms with Crippen LogP contribution >= 0.6 is 11.6 Å². The maximum atomic E-state index is 12.8. The summed E-state index contributed by atoms with van der Waals surface area (Å²) in [7, 11) is 1.00. The van der Waals surface area contributed by atoms with Gasteiger partial charge in [0.15, 0.2) is 5.43 Å². The van der Waals surface area contributed by atoms with Gasteiger partial charge in [-0.25, -0.2) is 6.42 Å². The molecule has 0 saturated heterocycles. The van der Waals surface area contributed by atoms with E-state index in [9.17, 15) is 28.2 Å². The zero-order valence-electron chi connectivity index (χ0n) is 16.8. The molecule has 10 heteroatoms. The molecule has 1 unspecified atom stereocenters. The first-order valence-electron chi connectivity index (χ1n) is 8.51. The molecular formula is C21H18ClF3KO5-. The predicted molar refractivity (Wildman–Crippen MR) is 107 cm³/mol. The van der Waals surface area contributed by atoms with Crippen molar-refractivity contribution < 1.29 is 84.3 Å². The van der Waals surface area contributed by atoms with Crippen molar-refractivity contribution >= 4 is 22.6 Å². The van der Waals surface area contributed by atoms with E-state index in [0.29, 0.717) is 0 Å². The summed E-state index contributed by atoms with van der Waals surface area (Å²) in [6.07, 6.45) is -4.32. The van der Waals surface area contributed by atoms with Gasteiger partial charge in [-0.3, -0.25) is 4.79 Å². The van der Waals surface area contributed by atoms with E-state index in [-0.39, 0.29) is 96.4 Å². The normalized spacial score (nSPS) is 12.0. The Morgan fingerprint density at radius 1 is 1.13 bits per heavy atom. The molecule has 0 bridgehead atoms. The SMILES string of the molecule is CO.[CH2-]CC([CH2-])c1c(O)cc(O)c2c(=O)cc(-c3ccc(C(F)(F)F)cc3Cl)oc12.[K+]. The third-order valence-corrected chi connectivity index (χ3v) is 4.63. The van der Waals surface area contributed by atoms with Crippen molar-refractivity contribution in [2.45, 2.75) is 18.5 Å². The number of phenolic OH excluding ortho intramolecular Hbond substituents is 2. The largest absolute Gasteiger partial charge is 1.00 e. The Hall–Kier alpha value is -1.07. The summed E-state index contributed by atoms with van der Waals surface area (Å²) >= 11 is 5.98. The second-order valence-electron chi connectivity index (χ2n) is 6.19. The van der Waals surface area contributed by atoms with Crippen LogP contribution in [0.1, 0.15) is 23.5 Å². The molecule has 0 aliphatic heterocycles. The molecule has 3 N–H and O–H groups in total. The van der Waals surface area contributed by atoms with Crippen LogP contribution in [0.25, 0.3) is 22.3 Å². The first-order valence-corrected chi connectivity index (χ1v) is 8.89. The third kappa shape index (κ3) is 5.84. The van der Waals surface area contributed by atoms with Crippen molar-refractivity contribution in [3.63, 3.8) is 0 Å². The first-order chi connectivity index (χ1) is 14.0. The van der Waals surface area contributed by atoms with Crippen LogP contribution in [-0.4, -0.2) is 22.4 Å². The molecule has 0 fully saturated rings. The van der Waals surface area contributed by atoms with Crippen LogP contribution in [0.2, 0.25) is 5.02 Å². The van der Waals surface area contributed by atoms with Crippen molar-refractivity contribution in [2.75, 3.05) is 7.11 Å². The number of benzene rings is 2. The van der Waals surface area contributed by atoms with Gasteiger partial charge in [-0.2, -0.15) is 19.1 Å². The molecule has 3 aromatic rings. The number of alkyl halides is 3. The Balaban J connectivity index is 0.00000156. The molecule has 0 spiro atoms. The Bertz CT molecular complexity index is 1130. The van der Waals surface area contributed by atoms with Gasteiger partial charge in [-0.1, -0.05) is 11.6 Å². The second kappa shape index (κ2) is 11.2. The summed E-state index contributed by atoms with van der Waals surface area (Å²) < 4.78 is 44.2. The van der Waals surface area contributed by atoms with Crippen LogP contribution in [0, 0.1) is 13.8 Å². The number of fused-ring (bicyclic) bond motifs is 1. The molecule has 0 aliphatic carbocycles. The van der Waals surface area contributed by atoms with Gasteiger partial charge in [0.1, 0.15) is 28.2 Å². The Kier molecular flexibility index (Phi) is 10.1. The summed E-state index contributed by atoms with van der Waals surface area (Å²) in [4.78, 5) is 12.5. The molecule has 5 nitrogen and oxygen atoms in total. The minimum Gasteiger partial charge on any atom is -0.507 e. The van der Waals surface area contributed by atoms with Crippen molar-refractivity contribution in [3.8, 4) is 22.8 Å². The van der Waals surface area contributed by atoms with Crippen LogP contribution in [0.3, 0.4) is 0 Å². The smallest absolute Gasteiger partial charge is 0.507 e. The molecule has 1 atom stereocenters. The summed E-state index contributed by atoms with van der Waals surface area (Å²) in [6, 6.07) is 4.64. The molecule has 0 radical (unpaired) electrons. The van der Waals surface area contributed by atoms with Crippen molar-refractivity contribution in [2.24, 2.45) is 0 Å². The molecule has 0 aliphatic rings. The van der Waals surface area contributed by atoms with Gasteiger partial charge in [0, 0.05) is 30.4 Å². The number of halogens is 4. The van der Waals surface area contributed by atoms with Gasteiger partial charge < -0.3 is 33.6 Å². The number of hydrogen-bond donors (Lipinski definition) is 3. The fourth-order valence-corrected chi connectivity index (χ4v) is 3.16. The molecule has 0 saturated carbocycles. The van der Waals surface area contributed by atoms with Crippen LogP contribution in [0.15, 0.2) is 39.5 Å².